The maximum absolute atomic E-state index is 9.73. The molecule has 2 nitrogen and oxygen atoms in total. The molecule has 0 bridgehead atoms. The predicted octanol–water partition coefficient (Wildman–Crippen LogP) is 2.66. The first-order chi connectivity index (χ1) is 7.26. The summed E-state index contributed by atoms with van der Waals surface area (Å²) >= 11 is 0. The average molecular weight is 213 g/mol. The van der Waals surface area contributed by atoms with Gasteiger partial charge in [0.25, 0.3) is 0 Å². The molecule has 0 aromatic heterocycles. The van der Waals surface area contributed by atoms with Crippen molar-refractivity contribution in [3.05, 3.63) is 0 Å². The van der Waals surface area contributed by atoms with Crippen LogP contribution in [0.25, 0.3) is 0 Å². The fraction of sp³-hybridized carbons (Fsp3) is 1.00. The normalized spacial score (nSPS) is 21.8. The van der Waals surface area contributed by atoms with Gasteiger partial charge in [0, 0.05) is 6.54 Å². The molecule has 1 fully saturated rings. The molecule has 2 heteroatoms. The van der Waals surface area contributed by atoms with E-state index < -0.39 is 0 Å². The fourth-order valence-corrected chi connectivity index (χ4v) is 2.59. The van der Waals surface area contributed by atoms with Crippen LogP contribution in [0.4, 0.5) is 0 Å². The quantitative estimate of drug-likeness (QED) is 0.733. The first kappa shape index (κ1) is 13.0. The van der Waals surface area contributed by atoms with E-state index in [1.807, 2.05) is 0 Å². The van der Waals surface area contributed by atoms with Gasteiger partial charge in [0.05, 0.1) is 6.10 Å². The highest BCUT2D eigenvalue weighted by molar-refractivity contribution is 4.74. The molecule has 0 aliphatic carbocycles. The van der Waals surface area contributed by atoms with Crippen LogP contribution in [0.15, 0.2) is 0 Å². The second-order valence-electron chi connectivity index (χ2n) is 4.98. The Bertz CT molecular complexity index is 153. The number of likely N-dealkylation sites (tertiary alicyclic amines) is 1. The van der Waals surface area contributed by atoms with E-state index in [0.29, 0.717) is 0 Å². The Morgan fingerprint density at radius 3 is 2.40 bits per heavy atom. The van der Waals surface area contributed by atoms with Gasteiger partial charge in [0.15, 0.2) is 0 Å². The molecule has 1 saturated heterocycles. The largest absolute Gasteiger partial charge is 0.392 e. The SMILES string of the molecule is CCCC(O)CN1CCC(CCC)CC1. The molecule has 0 spiro atoms. The summed E-state index contributed by atoms with van der Waals surface area (Å²) < 4.78 is 0. The minimum atomic E-state index is -0.0993. The predicted molar refractivity (Wildman–Crippen MR) is 65.0 cm³/mol. The molecule has 1 atom stereocenters. The van der Waals surface area contributed by atoms with Crippen LogP contribution in [0.2, 0.25) is 0 Å². The first-order valence-electron chi connectivity index (χ1n) is 6.66. The van der Waals surface area contributed by atoms with Gasteiger partial charge in [0.2, 0.25) is 0 Å². The lowest BCUT2D eigenvalue weighted by atomic mass is 9.92. The monoisotopic (exact) mass is 213 g/mol. The van der Waals surface area contributed by atoms with Gasteiger partial charge in [-0.25, -0.2) is 0 Å². The molecule has 0 amide bonds. The van der Waals surface area contributed by atoms with Crippen molar-refractivity contribution in [1.29, 1.82) is 0 Å². The number of piperidine rings is 1. The zero-order chi connectivity index (χ0) is 11.1. The van der Waals surface area contributed by atoms with E-state index in [0.717, 1.165) is 25.3 Å². The number of β-amino-alcohol motifs (C(OH)–C–C–N with tert-alkyl or cyclic N) is 1. The maximum Gasteiger partial charge on any atom is 0.0667 e. The molecular weight excluding hydrogens is 186 g/mol. The summed E-state index contributed by atoms with van der Waals surface area (Å²) in [7, 11) is 0. The van der Waals surface area contributed by atoms with Gasteiger partial charge in [-0.15, -0.1) is 0 Å². The lowest BCUT2D eigenvalue weighted by molar-refractivity contribution is 0.0821. The smallest absolute Gasteiger partial charge is 0.0667 e. The first-order valence-corrected chi connectivity index (χ1v) is 6.66. The third kappa shape index (κ3) is 4.98. The molecule has 1 unspecified atom stereocenters. The number of rotatable bonds is 6. The van der Waals surface area contributed by atoms with Crippen LogP contribution >= 0.6 is 0 Å². The minimum Gasteiger partial charge on any atom is -0.392 e. The van der Waals surface area contributed by atoms with Crippen LogP contribution < -0.4 is 0 Å². The van der Waals surface area contributed by atoms with Gasteiger partial charge in [-0.05, 0) is 38.3 Å². The van der Waals surface area contributed by atoms with Gasteiger partial charge in [-0.3, -0.25) is 0 Å². The van der Waals surface area contributed by atoms with E-state index >= 15 is 0 Å². The Balaban J connectivity index is 2.14. The summed E-state index contributed by atoms with van der Waals surface area (Å²) in [5, 5.41) is 9.73. The summed E-state index contributed by atoms with van der Waals surface area (Å²) in [5.74, 6) is 0.953. The van der Waals surface area contributed by atoms with Crippen LogP contribution in [0.3, 0.4) is 0 Å². The van der Waals surface area contributed by atoms with Crippen LogP contribution in [0, 0.1) is 5.92 Å². The van der Waals surface area contributed by atoms with Gasteiger partial charge in [-0.1, -0.05) is 33.1 Å². The number of hydrogen-bond acceptors (Lipinski definition) is 2. The number of hydrogen-bond donors (Lipinski definition) is 1. The van der Waals surface area contributed by atoms with Crippen molar-refractivity contribution < 1.29 is 5.11 Å². The van der Waals surface area contributed by atoms with Crippen molar-refractivity contribution >= 4 is 0 Å². The summed E-state index contributed by atoms with van der Waals surface area (Å²) in [4.78, 5) is 2.44. The van der Waals surface area contributed by atoms with E-state index in [2.05, 4.69) is 18.7 Å². The van der Waals surface area contributed by atoms with Crippen molar-refractivity contribution in [2.24, 2.45) is 5.92 Å². The lowest BCUT2D eigenvalue weighted by Crippen LogP contribution is -2.38. The van der Waals surface area contributed by atoms with Crippen molar-refractivity contribution in [2.75, 3.05) is 19.6 Å². The molecule has 90 valence electrons. The second-order valence-corrected chi connectivity index (χ2v) is 4.98. The Kier molecular flexibility index (Phi) is 6.26. The average Bonchev–Trinajstić information content (AvgIpc) is 2.22. The second kappa shape index (κ2) is 7.24. The number of aliphatic hydroxyl groups excluding tert-OH is 1. The molecule has 1 rings (SSSR count). The van der Waals surface area contributed by atoms with Crippen LogP contribution in [-0.4, -0.2) is 35.7 Å². The number of aliphatic hydroxyl groups is 1. The summed E-state index contributed by atoms with van der Waals surface area (Å²) in [6.45, 7) is 7.71. The molecule has 0 radical (unpaired) electrons. The molecule has 0 aromatic carbocycles. The van der Waals surface area contributed by atoms with E-state index in [4.69, 9.17) is 0 Å². The summed E-state index contributed by atoms with van der Waals surface area (Å²) in [6.07, 6.45) is 7.34. The van der Waals surface area contributed by atoms with E-state index in [1.54, 1.807) is 0 Å². The Morgan fingerprint density at radius 2 is 1.87 bits per heavy atom. The third-order valence-corrected chi connectivity index (χ3v) is 3.49. The Morgan fingerprint density at radius 1 is 1.20 bits per heavy atom. The molecule has 1 N–H and O–H groups in total. The van der Waals surface area contributed by atoms with Crippen LogP contribution in [-0.2, 0) is 0 Å². The van der Waals surface area contributed by atoms with Crippen LogP contribution in [0.1, 0.15) is 52.4 Å². The molecule has 0 aromatic rings. The van der Waals surface area contributed by atoms with Gasteiger partial charge >= 0.3 is 0 Å². The standard InChI is InChI=1S/C13H27NO/c1-3-5-12-7-9-14(10-8-12)11-13(15)6-4-2/h12-13,15H,3-11H2,1-2H3. The summed E-state index contributed by atoms with van der Waals surface area (Å²) in [6, 6.07) is 0. The van der Waals surface area contributed by atoms with Crippen LogP contribution in [0.5, 0.6) is 0 Å². The Hall–Kier alpha value is -0.0800. The molecule has 1 heterocycles. The molecule has 0 saturated carbocycles. The lowest BCUT2D eigenvalue weighted by Gasteiger charge is -2.33. The third-order valence-electron chi connectivity index (χ3n) is 3.49. The molecular formula is C13H27NO. The van der Waals surface area contributed by atoms with Gasteiger partial charge < -0.3 is 10.0 Å². The maximum atomic E-state index is 9.73. The van der Waals surface area contributed by atoms with E-state index in [1.165, 1.54) is 38.8 Å². The zero-order valence-corrected chi connectivity index (χ0v) is 10.4. The van der Waals surface area contributed by atoms with E-state index in [-0.39, 0.29) is 6.10 Å². The summed E-state index contributed by atoms with van der Waals surface area (Å²) in [5.41, 5.74) is 0. The molecule has 15 heavy (non-hydrogen) atoms. The van der Waals surface area contributed by atoms with Gasteiger partial charge in [0.1, 0.15) is 0 Å². The number of nitrogens with zero attached hydrogens (tertiary/aromatic N) is 1. The van der Waals surface area contributed by atoms with Crippen molar-refractivity contribution in [3.8, 4) is 0 Å². The highest BCUT2D eigenvalue weighted by Crippen LogP contribution is 2.21. The van der Waals surface area contributed by atoms with E-state index in [9.17, 15) is 5.11 Å². The molecule has 1 aliphatic rings. The van der Waals surface area contributed by atoms with Crippen molar-refractivity contribution in [2.45, 2.75) is 58.5 Å². The zero-order valence-electron chi connectivity index (χ0n) is 10.4. The van der Waals surface area contributed by atoms with Crippen molar-refractivity contribution in [3.63, 3.8) is 0 Å². The minimum absolute atomic E-state index is 0.0993. The molecule has 1 aliphatic heterocycles. The Labute approximate surface area is 94.7 Å². The highest BCUT2D eigenvalue weighted by atomic mass is 16.3. The topological polar surface area (TPSA) is 23.5 Å². The highest BCUT2D eigenvalue weighted by Gasteiger charge is 2.19. The van der Waals surface area contributed by atoms with Crippen molar-refractivity contribution in [1.82, 2.24) is 4.90 Å². The van der Waals surface area contributed by atoms with Gasteiger partial charge in [-0.2, -0.15) is 0 Å². The fourth-order valence-electron chi connectivity index (χ4n) is 2.59.